The zero-order valence-electron chi connectivity index (χ0n) is 16.8. The molecule has 150 valence electrons. The highest BCUT2D eigenvalue weighted by atomic mass is 16.5. The Morgan fingerprint density at radius 3 is 2.60 bits per heavy atom. The molecule has 0 bridgehead atoms. The summed E-state index contributed by atoms with van der Waals surface area (Å²) in [4.78, 5) is 21.0. The molecule has 4 rings (SSSR count). The number of ketones is 1. The van der Waals surface area contributed by atoms with Crippen molar-refractivity contribution in [3.8, 4) is 5.75 Å². The van der Waals surface area contributed by atoms with E-state index in [-0.39, 0.29) is 5.78 Å². The van der Waals surface area contributed by atoms with Crippen LogP contribution >= 0.6 is 0 Å². The molecule has 30 heavy (non-hydrogen) atoms. The second-order valence-electron chi connectivity index (χ2n) is 6.84. The topological polar surface area (TPSA) is 76.1 Å². The van der Waals surface area contributed by atoms with Gasteiger partial charge in [-0.2, -0.15) is 4.98 Å². The number of hydrogen-bond acceptors (Lipinski definition) is 6. The maximum absolute atomic E-state index is 11.7. The van der Waals surface area contributed by atoms with Crippen LogP contribution in [0.25, 0.3) is 10.9 Å². The number of nitrogens with one attached hydrogen (secondary N) is 2. The van der Waals surface area contributed by atoms with E-state index < -0.39 is 0 Å². The number of methoxy groups -OCH3 is 1. The number of benzene rings is 3. The van der Waals surface area contributed by atoms with Gasteiger partial charge in [0, 0.05) is 28.7 Å². The van der Waals surface area contributed by atoms with Crippen molar-refractivity contribution in [1.82, 2.24) is 9.97 Å². The van der Waals surface area contributed by atoms with E-state index in [1.54, 1.807) is 26.2 Å². The normalized spacial score (nSPS) is 10.6. The van der Waals surface area contributed by atoms with E-state index in [1.807, 2.05) is 60.7 Å². The lowest BCUT2D eigenvalue weighted by molar-refractivity contribution is 0.101. The van der Waals surface area contributed by atoms with E-state index in [2.05, 4.69) is 20.6 Å². The predicted octanol–water partition coefficient (Wildman–Crippen LogP) is 5.20. The number of ether oxygens (including phenoxy) is 1. The summed E-state index contributed by atoms with van der Waals surface area (Å²) in [6, 6.07) is 23.0. The van der Waals surface area contributed by atoms with Gasteiger partial charge in [0.1, 0.15) is 11.6 Å². The van der Waals surface area contributed by atoms with Gasteiger partial charge in [-0.25, -0.2) is 4.98 Å². The fraction of sp³-hybridized carbons (Fsp3) is 0.125. The van der Waals surface area contributed by atoms with Gasteiger partial charge in [-0.05, 0) is 37.3 Å². The van der Waals surface area contributed by atoms with Gasteiger partial charge in [-0.15, -0.1) is 0 Å². The molecule has 0 spiro atoms. The van der Waals surface area contributed by atoms with Crippen LogP contribution in [0.2, 0.25) is 0 Å². The van der Waals surface area contributed by atoms with Gasteiger partial charge < -0.3 is 15.4 Å². The van der Waals surface area contributed by atoms with Crippen LogP contribution in [-0.4, -0.2) is 22.9 Å². The number of rotatable bonds is 7. The van der Waals surface area contributed by atoms with Crippen molar-refractivity contribution in [1.29, 1.82) is 0 Å². The van der Waals surface area contributed by atoms with Crippen molar-refractivity contribution in [2.45, 2.75) is 13.5 Å². The Labute approximate surface area is 175 Å². The summed E-state index contributed by atoms with van der Waals surface area (Å²) in [6.45, 7) is 2.11. The van der Waals surface area contributed by atoms with Crippen molar-refractivity contribution in [2.75, 3.05) is 17.7 Å². The number of anilines is 3. The Hall–Kier alpha value is -3.93. The van der Waals surface area contributed by atoms with Crippen LogP contribution in [-0.2, 0) is 6.54 Å². The lowest BCUT2D eigenvalue weighted by Crippen LogP contribution is -2.07. The van der Waals surface area contributed by atoms with Crippen LogP contribution < -0.4 is 15.4 Å². The third-order valence-corrected chi connectivity index (χ3v) is 4.77. The highest BCUT2D eigenvalue weighted by Gasteiger charge is 2.10. The average molecular weight is 398 g/mol. The molecule has 0 atom stereocenters. The third-order valence-electron chi connectivity index (χ3n) is 4.77. The third kappa shape index (κ3) is 4.22. The van der Waals surface area contributed by atoms with Crippen molar-refractivity contribution >= 4 is 34.1 Å². The van der Waals surface area contributed by atoms with E-state index in [9.17, 15) is 4.79 Å². The minimum absolute atomic E-state index is 0.0113. The number of aromatic nitrogens is 2. The summed E-state index contributed by atoms with van der Waals surface area (Å²) in [5, 5.41) is 7.55. The molecule has 0 fully saturated rings. The Kier molecular flexibility index (Phi) is 5.57. The van der Waals surface area contributed by atoms with Crippen molar-refractivity contribution in [2.24, 2.45) is 0 Å². The maximum Gasteiger partial charge on any atom is 0.229 e. The lowest BCUT2D eigenvalue weighted by atomic mass is 10.1. The molecule has 4 aromatic rings. The summed E-state index contributed by atoms with van der Waals surface area (Å²) in [5.41, 5.74) is 3.25. The van der Waals surface area contributed by atoms with Crippen molar-refractivity contribution in [3.05, 3.63) is 83.9 Å². The summed E-state index contributed by atoms with van der Waals surface area (Å²) in [5.74, 6) is 2.01. The van der Waals surface area contributed by atoms with Crippen LogP contribution in [0.3, 0.4) is 0 Å². The van der Waals surface area contributed by atoms with E-state index in [0.29, 0.717) is 18.1 Å². The SMILES string of the molecule is COc1ccccc1CNc1nc(Nc2cccc(C(C)=O)c2)nc2ccccc12. The molecule has 6 nitrogen and oxygen atoms in total. The first-order valence-electron chi connectivity index (χ1n) is 9.64. The Balaban J connectivity index is 1.66. The minimum Gasteiger partial charge on any atom is -0.496 e. The first kappa shape index (κ1) is 19.4. The Bertz CT molecular complexity index is 1210. The number of para-hydroxylation sites is 2. The molecule has 0 saturated heterocycles. The monoisotopic (exact) mass is 398 g/mol. The fourth-order valence-electron chi connectivity index (χ4n) is 3.24. The molecule has 0 saturated carbocycles. The van der Waals surface area contributed by atoms with Crippen molar-refractivity contribution < 1.29 is 9.53 Å². The fourth-order valence-corrected chi connectivity index (χ4v) is 3.24. The molecule has 0 aliphatic rings. The molecular weight excluding hydrogens is 376 g/mol. The quantitative estimate of drug-likeness (QED) is 0.417. The van der Waals surface area contributed by atoms with Gasteiger partial charge in [0.25, 0.3) is 0 Å². The number of hydrogen-bond donors (Lipinski definition) is 2. The first-order chi connectivity index (χ1) is 14.6. The molecule has 0 aliphatic heterocycles. The summed E-state index contributed by atoms with van der Waals surface area (Å²) in [7, 11) is 1.66. The maximum atomic E-state index is 11.7. The van der Waals surface area contributed by atoms with Gasteiger partial charge in [0.2, 0.25) is 5.95 Å². The zero-order chi connectivity index (χ0) is 20.9. The molecule has 3 aromatic carbocycles. The average Bonchev–Trinajstić information content (AvgIpc) is 2.77. The van der Waals surface area contributed by atoms with E-state index in [0.717, 1.165) is 33.7 Å². The number of carbonyl (C=O) groups excluding carboxylic acids is 1. The standard InChI is InChI=1S/C24H22N4O2/c1-16(29)17-9-7-10-19(14-17)26-24-27-21-12-5-4-11-20(21)23(28-24)25-15-18-8-3-6-13-22(18)30-2/h3-14H,15H2,1-2H3,(H2,25,26,27,28). The second kappa shape index (κ2) is 8.61. The van der Waals surface area contributed by atoms with Gasteiger partial charge in [0.15, 0.2) is 5.78 Å². The van der Waals surface area contributed by atoms with Gasteiger partial charge >= 0.3 is 0 Å². The second-order valence-corrected chi connectivity index (χ2v) is 6.84. The zero-order valence-corrected chi connectivity index (χ0v) is 16.8. The van der Waals surface area contributed by atoms with Crippen molar-refractivity contribution in [3.63, 3.8) is 0 Å². The molecule has 1 aromatic heterocycles. The first-order valence-corrected chi connectivity index (χ1v) is 9.64. The smallest absolute Gasteiger partial charge is 0.229 e. The van der Waals surface area contributed by atoms with E-state index in [1.165, 1.54) is 0 Å². The number of Topliss-reactive ketones (excluding diaryl/α,β-unsaturated/α-hetero) is 1. The highest BCUT2D eigenvalue weighted by Crippen LogP contribution is 2.26. The number of fused-ring (bicyclic) bond motifs is 1. The highest BCUT2D eigenvalue weighted by molar-refractivity contribution is 5.95. The van der Waals surface area contributed by atoms with E-state index in [4.69, 9.17) is 4.74 Å². The van der Waals surface area contributed by atoms with Gasteiger partial charge in [-0.1, -0.05) is 42.5 Å². The van der Waals surface area contributed by atoms with Gasteiger partial charge in [-0.3, -0.25) is 4.79 Å². The Morgan fingerprint density at radius 1 is 0.967 bits per heavy atom. The summed E-state index contributed by atoms with van der Waals surface area (Å²) >= 11 is 0. The molecule has 0 unspecified atom stereocenters. The summed E-state index contributed by atoms with van der Waals surface area (Å²) < 4.78 is 5.44. The van der Waals surface area contributed by atoms with Crippen LogP contribution in [0.4, 0.5) is 17.5 Å². The van der Waals surface area contributed by atoms with Gasteiger partial charge in [0.05, 0.1) is 12.6 Å². The minimum atomic E-state index is 0.0113. The lowest BCUT2D eigenvalue weighted by Gasteiger charge is -2.13. The molecule has 6 heteroatoms. The van der Waals surface area contributed by atoms with Crippen LogP contribution in [0.15, 0.2) is 72.8 Å². The molecule has 2 N–H and O–H groups in total. The largest absolute Gasteiger partial charge is 0.496 e. The molecule has 0 amide bonds. The van der Waals surface area contributed by atoms with Crippen LogP contribution in [0.5, 0.6) is 5.75 Å². The van der Waals surface area contributed by atoms with E-state index >= 15 is 0 Å². The molecule has 0 radical (unpaired) electrons. The molecular formula is C24H22N4O2. The van der Waals surface area contributed by atoms with Crippen LogP contribution in [0.1, 0.15) is 22.8 Å². The number of nitrogens with zero attached hydrogens (tertiary/aromatic N) is 2. The predicted molar refractivity (Wildman–Crippen MR) is 120 cm³/mol. The molecule has 0 aliphatic carbocycles. The Morgan fingerprint density at radius 2 is 1.77 bits per heavy atom. The van der Waals surface area contributed by atoms with Crippen LogP contribution in [0, 0.1) is 0 Å². The molecule has 1 heterocycles. The summed E-state index contributed by atoms with van der Waals surface area (Å²) in [6.07, 6.45) is 0. The number of carbonyl (C=O) groups is 1.